The van der Waals surface area contributed by atoms with E-state index in [1.54, 1.807) is 6.08 Å². The molecule has 2 aliphatic rings. The molecule has 1 saturated heterocycles. The van der Waals surface area contributed by atoms with Crippen LogP contribution in [0.25, 0.3) is 0 Å². The molecule has 1 aliphatic carbocycles. The number of hydrogen-bond donors (Lipinski definition) is 2. The van der Waals surface area contributed by atoms with Gasteiger partial charge in [-0.2, -0.15) is 0 Å². The number of esters is 1. The lowest BCUT2D eigenvalue weighted by Gasteiger charge is -2.22. The van der Waals surface area contributed by atoms with Crippen LogP contribution in [-0.4, -0.2) is 34.5 Å². The van der Waals surface area contributed by atoms with Crippen molar-refractivity contribution in [3.63, 3.8) is 0 Å². The van der Waals surface area contributed by atoms with Gasteiger partial charge in [0.25, 0.3) is 0 Å². The highest BCUT2D eigenvalue weighted by Crippen LogP contribution is 2.46. The molecule has 0 aromatic rings. The van der Waals surface area contributed by atoms with Gasteiger partial charge in [-0.3, -0.25) is 4.79 Å². The first-order valence-electron chi connectivity index (χ1n) is 9.50. The highest BCUT2D eigenvalue weighted by atomic mass is 16.5. The molecule has 24 heavy (non-hydrogen) atoms. The van der Waals surface area contributed by atoms with E-state index in [1.165, 1.54) is 19.3 Å². The van der Waals surface area contributed by atoms with Gasteiger partial charge in [0.05, 0.1) is 12.2 Å². The lowest BCUT2D eigenvalue weighted by Crippen LogP contribution is -2.25. The molecule has 0 aromatic heterocycles. The maximum absolute atomic E-state index is 11.3. The summed E-state index contributed by atoms with van der Waals surface area (Å²) < 4.78 is 5.39. The fraction of sp³-hybridized carbons (Fsp3) is 0.750. The first kappa shape index (κ1) is 19.2. The van der Waals surface area contributed by atoms with Crippen molar-refractivity contribution >= 4 is 5.97 Å². The zero-order chi connectivity index (χ0) is 17.4. The van der Waals surface area contributed by atoms with E-state index in [1.807, 2.05) is 12.2 Å². The van der Waals surface area contributed by atoms with Crippen molar-refractivity contribution in [2.24, 2.45) is 11.8 Å². The van der Waals surface area contributed by atoms with E-state index in [9.17, 15) is 15.0 Å². The molecule has 2 rings (SSSR count). The van der Waals surface area contributed by atoms with Crippen molar-refractivity contribution in [1.82, 2.24) is 0 Å². The smallest absolute Gasteiger partial charge is 0.306 e. The highest BCUT2D eigenvalue weighted by Gasteiger charge is 2.44. The van der Waals surface area contributed by atoms with Crippen LogP contribution < -0.4 is 0 Å². The molecule has 0 aromatic carbocycles. The quantitative estimate of drug-likeness (QED) is 0.364. The summed E-state index contributed by atoms with van der Waals surface area (Å²) in [6, 6.07) is 0. The van der Waals surface area contributed by atoms with Crippen molar-refractivity contribution in [2.45, 2.75) is 83.0 Å². The van der Waals surface area contributed by atoms with E-state index in [-0.39, 0.29) is 12.1 Å². The van der Waals surface area contributed by atoms with Gasteiger partial charge < -0.3 is 14.9 Å². The van der Waals surface area contributed by atoms with E-state index in [0.29, 0.717) is 24.7 Å². The van der Waals surface area contributed by atoms with Gasteiger partial charge in [0.2, 0.25) is 0 Å². The molecule has 1 saturated carbocycles. The largest absolute Gasteiger partial charge is 0.462 e. The first-order chi connectivity index (χ1) is 11.6. The average Bonchev–Trinajstić information content (AvgIpc) is 3.35. The Morgan fingerprint density at radius 1 is 1.29 bits per heavy atom. The standard InChI is InChI=1S/C20H32O4/c1-2-3-4-5-6-7-9-17(21)18(22)13-12-15-14-16(15)19-10-8-11-20(23)24-19/h6-7,12-13,15-19,21-22H,2-5,8-11,14H2,1H3/b7-6-,13-12+/t15-,16+,17-,18+,19-/m0/s1. The molecule has 0 radical (unpaired) electrons. The molecule has 4 nitrogen and oxygen atoms in total. The molecule has 1 aliphatic heterocycles. The summed E-state index contributed by atoms with van der Waals surface area (Å²) in [7, 11) is 0. The second-order valence-electron chi connectivity index (χ2n) is 7.13. The number of allylic oxidation sites excluding steroid dienone is 2. The van der Waals surface area contributed by atoms with Gasteiger partial charge in [-0.25, -0.2) is 0 Å². The minimum atomic E-state index is -0.833. The predicted octanol–water partition coefficient (Wildman–Crippen LogP) is 3.52. The summed E-state index contributed by atoms with van der Waals surface area (Å²) in [4.78, 5) is 11.3. The monoisotopic (exact) mass is 336 g/mol. The van der Waals surface area contributed by atoms with E-state index >= 15 is 0 Å². The average molecular weight is 336 g/mol. The Hall–Kier alpha value is -1.13. The van der Waals surface area contributed by atoms with Gasteiger partial charge in [0.1, 0.15) is 6.10 Å². The molecule has 136 valence electrons. The molecule has 0 unspecified atom stereocenters. The molecule has 5 atom stereocenters. The normalized spacial score (nSPS) is 29.8. The van der Waals surface area contributed by atoms with Crippen LogP contribution in [0.15, 0.2) is 24.3 Å². The molecule has 1 heterocycles. The molecule has 0 amide bonds. The SMILES string of the molecule is CCCCC/C=C\C[C@H](O)[C@H](O)/C=C/[C@H]1C[C@H]1[C@@H]1CCCC(=O)O1. The van der Waals surface area contributed by atoms with Crippen molar-refractivity contribution in [3.8, 4) is 0 Å². The van der Waals surface area contributed by atoms with Crippen LogP contribution >= 0.6 is 0 Å². The third kappa shape index (κ3) is 6.40. The Bertz CT molecular complexity index is 443. The Kier molecular flexibility index (Phi) is 8.00. The van der Waals surface area contributed by atoms with Crippen molar-refractivity contribution in [3.05, 3.63) is 24.3 Å². The number of cyclic esters (lactones) is 1. The van der Waals surface area contributed by atoms with E-state index in [0.717, 1.165) is 25.7 Å². The second kappa shape index (κ2) is 10.00. The van der Waals surface area contributed by atoms with Gasteiger partial charge in [-0.05, 0) is 44.4 Å². The molecule has 2 fully saturated rings. The predicted molar refractivity (Wildman–Crippen MR) is 94.4 cm³/mol. The number of hydrogen-bond acceptors (Lipinski definition) is 4. The molecular formula is C20H32O4. The number of aliphatic hydroxyl groups excluding tert-OH is 2. The highest BCUT2D eigenvalue weighted by molar-refractivity contribution is 5.70. The number of unbranched alkanes of at least 4 members (excludes halogenated alkanes) is 3. The third-order valence-electron chi connectivity index (χ3n) is 4.99. The Morgan fingerprint density at radius 2 is 2.12 bits per heavy atom. The maximum atomic E-state index is 11.3. The number of aliphatic hydroxyl groups is 2. The number of rotatable bonds is 10. The van der Waals surface area contributed by atoms with Crippen molar-refractivity contribution in [2.75, 3.05) is 0 Å². The van der Waals surface area contributed by atoms with Crippen molar-refractivity contribution in [1.29, 1.82) is 0 Å². The molecule has 0 spiro atoms. The van der Waals surface area contributed by atoms with Crippen LogP contribution in [0.1, 0.15) is 64.7 Å². The summed E-state index contributed by atoms with van der Waals surface area (Å²) in [6.45, 7) is 2.18. The van der Waals surface area contributed by atoms with Crippen LogP contribution in [0.2, 0.25) is 0 Å². The number of carbonyl (C=O) groups is 1. The summed E-state index contributed by atoms with van der Waals surface area (Å²) in [6.07, 6.45) is 14.7. The zero-order valence-corrected chi connectivity index (χ0v) is 14.8. The van der Waals surface area contributed by atoms with E-state index in [2.05, 4.69) is 13.0 Å². The first-order valence-corrected chi connectivity index (χ1v) is 9.50. The van der Waals surface area contributed by atoms with Crippen LogP contribution in [0.3, 0.4) is 0 Å². The lowest BCUT2D eigenvalue weighted by atomic mass is 10.0. The van der Waals surface area contributed by atoms with Gasteiger partial charge in [0, 0.05) is 12.3 Å². The fourth-order valence-corrected chi connectivity index (χ4v) is 3.31. The van der Waals surface area contributed by atoms with Gasteiger partial charge in [-0.1, -0.05) is 44.1 Å². The van der Waals surface area contributed by atoms with Crippen molar-refractivity contribution < 1.29 is 19.7 Å². The minimum Gasteiger partial charge on any atom is -0.462 e. The van der Waals surface area contributed by atoms with Gasteiger partial charge in [0.15, 0.2) is 0 Å². The number of ether oxygens (including phenoxy) is 1. The van der Waals surface area contributed by atoms with E-state index < -0.39 is 12.2 Å². The maximum Gasteiger partial charge on any atom is 0.306 e. The Labute approximate surface area is 145 Å². The van der Waals surface area contributed by atoms with E-state index in [4.69, 9.17) is 4.74 Å². The van der Waals surface area contributed by atoms with Gasteiger partial charge >= 0.3 is 5.97 Å². The molecule has 0 bridgehead atoms. The van der Waals surface area contributed by atoms with Gasteiger partial charge in [-0.15, -0.1) is 0 Å². The summed E-state index contributed by atoms with van der Waals surface area (Å²) in [5.74, 6) is 0.683. The summed E-state index contributed by atoms with van der Waals surface area (Å²) >= 11 is 0. The Balaban J connectivity index is 1.64. The third-order valence-corrected chi connectivity index (χ3v) is 4.99. The fourth-order valence-electron chi connectivity index (χ4n) is 3.31. The zero-order valence-electron chi connectivity index (χ0n) is 14.8. The second-order valence-corrected chi connectivity index (χ2v) is 7.13. The van der Waals surface area contributed by atoms with Crippen LogP contribution in [-0.2, 0) is 9.53 Å². The van der Waals surface area contributed by atoms with Crippen LogP contribution in [0.5, 0.6) is 0 Å². The Morgan fingerprint density at radius 3 is 2.88 bits per heavy atom. The minimum absolute atomic E-state index is 0.0500. The molecule has 4 heteroatoms. The summed E-state index contributed by atoms with van der Waals surface area (Å²) in [5.41, 5.74) is 0. The molecule has 2 N–H and O–H groups in total. The van der Waals surface area contributed by atoms with Crippen LogP contribution in [0, 0.1) is 11.8 Å². The number of carbonyl (C=O) groups excluding carboxylic acids is 1. The molecular weight excluding hydrogens is 304 g/mol. The lowest BCUT2D eigenvalue weighted by molar-refractivity contribution is -0.155. The summed E-state index contributed by atoms with van der Waals surface area (Å²) in [5, 5.41) is 20.0. The topological polar surface area (TPSA) is 66.8 Å². The van der Waals surface area contributed by atoms with Crippen LogP contribution in [0.4, 0.5) is 0 Å².